The van der Waals surface area contributed by atoms with Gasteiger partial charge in [0.1, 0.15) is 4.88 Å². The average Bonchev–Trinajstić information content (AvgIpc) is 2.97. The first-order chi connectivity index (χ1) is 8.16. The van der Waals surface area contributed by atoms with Gasteiger partial charge in [0.2, 0.25) is 0 Å². The predicted octanol–water partition coefficient (Wildman–Crippen LogP) is 1.75. The number of carbonyl (C=O) groups excluding carboxylic acids is 1. The maximum absolute atomic E-state index is 11.7. The third-order valence-corrected chi connectivity index (χ3v) is 3.67. The average molecular weight is 254 g/mol. The Morgan fingerprint density at radius 3 is 2.71 bits per heavy atom. The van der Waals surface area contributed by atoms with Crippen LogP contribution in [0.15, 0.2) is 11.4 Å². The van der Waals surface area contributed by atoms with Gasteiger partial charge in [-0.3, -0.25) is 0 Å². The standard InChI is InChI=1S/C11H14N2O3S/c14-10(15)9-5-8(7-17-9)6-12-11(16)13-3-1-2-4-13/h5,7H,1-4,6H2,(H,12,16)(H,14,15). The number of carboxylic acid groups (broad SMARTS) is 1. The van der Waals surface area contributed by atoms with Gasteiger partial charge in [-0.05, 0) is 29.9 Å². The molecule has 2 heterocycles. The molecule has 1 aromatic heterocycles. The number of likely N-dealkylation sites (tertiary alicyclic amines) is 1. The van der Waals surface area contributed by atoms with Crippen LogP contribution in [0.2, 0.25) is 0 Å². The van der Waals surface area contributed by atoms with E-state index in [9.17, 15) is 9.59 Å². The molecule has 0 unspecified atom stereocenters. The number of nitrogens with zero attached hydrogens (tertiary/aromatic N) is 1. The van der Waals surface area contributed by atoms with Crippen LogP contribution >= 0.6 is 11.3 Å². The number of hydrogen-bond acceptors (Lipinski definition) is 3. The number of nitrogens with one attached hydrogen (secondary N) is 1. The van der Waals surface area contributed by atoms with E-state index < -0.39 is 5.97 Å². The third-order valence-electron chi connectivity index (χ3n) is 2.70. The van der Waals surface area contributed by atoms with Crippen LogP contribution in [0.3, 0.4) is 0 Å². The number of carbonyl (C=O) groups is 2. The molecule has 0 bridgehead atoms. The van der Waals surface area contributed by atoms with Gasteiger partial charge in [0.25, 0.3) is 0 Å². The summed E-state index contributed by atoms with van der Waals surface area (Å²) < 4.78 is 0. The molecular weight excluding hydrogens is 240 g/mol. The second-order valence-electron chi connectivity index (χ2n) is 3.98. The molecule has 1 aromatic rings. The minimum Gasteiger partial charge on any atom is -0.477 e. The zero-order valence-electron chi connectivity index (χ0n) is 9.31. The van der Waals surface area contributed by atoms with E-state index in [1.807, 2.05) is 0 Å². The summed E-state index contributed by atoms with van der Waals surface area (Å²) in [5, 5.41) is 13.3. The maximum Gasteiger partial charge on any atom is 0.345 e. The van der Waals surface area contributed by atoms with E-state index >= 15 is 0 Å². The quantitative estimate of drug-likeness (QED) is 0.863. The Morgan fingerprint density at radius 2 is 2.12 bits per heavy atom. The third kappa shape index (κ3) is 2.97. The molecule has 1 aliphatic heterocycles. The first-order valence-electron chi connectivity index (χ1n) is 5.50. The lowest BCUT2D eigenvalue weighted by Crippen LogP contribution is -2.37. The summed E-state index contributed by atoms with van der Waals surface area (Å²) in [5.41, 5.74) is 0.833. The second-order valence-corrected chi connectivity index (χ2v) is 4.89. The molecule has 1 aliphatic rings. The van der Waals surface area contributed by atoms with E-state index in [1.54, 1.807) is 16.3 Å². The van der Waals surface area contributed by atoms with E-state index in [4.69, 9.17) is 5.11 Å². The van der Waals surface area contributed by atoms with Gasteiger partial charge < -0.3 is 15.3 Å². The summed E-state index contributed by atoms with van der Waals surface area (Å²) in [6.07, 6.45) is 2.13. The van der Waals surface area contributed by atoms with Gasteiger partial charge in [-0.15, -0.1) is 11.3 Å². The van der Waals surface area contributed by atoms with Crippen molar-refractivity contribution in [2.45, 2.75) is 19.4 Å². The first kappa shape index (κ1) is 11.9. The van der Waals surface area contributed by atoms with Gasteiger partial charge in [-0.2, -0.15) is 0 Å². The highest BCUT2D eigenvalue weighted by atomic mass is 32.1. The van der Waals surface area contributed by atoms with Crippen molar-refractivity contribution in [3.05, 3.63) is 21.9 Å². The summed E-state index contributed by atoms with van der Waals surface area (Å²) in [6, 6.07) is 1.53. The van der Waals surface area contributed by atoms with Crippen molar-refractivity contribution < 1.29 is 14.7 Å². The highest BCUT2D eigenvalue weighted by molar-refractivity contribution is 7.12. The van der Waals surface area contributed by atoms with Crippen molar-refractivity contribution in [1.82, 2.24) is 10.2 Å². The molecule has 0 atom stereocenters. The fourth-order valence-corrected chi connectivity index (χ4v) is 2.54. The van der Waals surface area contributed by atoms with Gasteiger partial charge in [0, 0.05) is 19.6 Å². The lowest BCUT2D eigenvalue weighted by atomic mass is 10.3. The number of amides is 2. The van der Waals surface area contributed by atoms with Crippen molar-refractivity contribution in [3.8, 4) is 0 Å². The molecule has 92 valence electrons. The Balaban J connectivity index is 1.84. The summed E-state index contributed by atoms with van der Waals surface area (Å²) in [5.74, 6) is -0.924. The fourth-order valence-electron chi connectivity index (χ4n) is 1.79. The number of hydrogen-bond donors (Lipinski definition) is 2. The lowest BCUT2D eigenvalue weighted by Gasteiger charge is -2.15. The molecule has 17 heavy (non-hydrogen) atoms. The molecule has 1 fully saturated rings. The Bertz CT molecular complexity index is 424. The summed E-state index contributed by atoms with van der Waals surface area (Å²) in [6.45, 7) is 2.02. The maximum atomic E-state index is 11.7. The lowest BCUT2D eigenvalue weighted by molar-refractivity contribution is 0.0702. The van der Waals surface area contributed by atoms with Crippen LogP contribution < -0.4 is 5.32 Å². The van der Waals surface area contributed by atoms with Crippen LogP contribution in [0, 0.1) is 0 Å². The Labute approximate surface area is 103 Å². The van der Waals surface area contributed by atoms with Crippen molar-refractivity contribution in [2.24, 2.45) is 0 Å². The van der Waals surface area contributed by atoms with E-state index in [1.165, 1.54) is 11.3 Å². The zero-order chi connectivity index (χ0) is 12.3. The topological polar surface area (TPSA) is 69.6 Å². The van der Waals surface area contributed by atoms with Crippen molar-refractivity contribution in [2.75, 3.05) is 13.1 Å². The van der Waals surface area contributed by atoms with Gasteiger partial charge in [0.15, 0.2) is 0 Å². The Hall–Kier alpha value is -1.56. The highest BCUT2D eigenvalue weighted by Crippen LogP contribution is 2.14. The molecule has 5 nitrogen and oxygen atoms in total. The largest absolute Gasteiger partial charge is 0.477 e. The van der Waals surface area contributed by atoms with Crippen LogP contribution in [0.4, 0.5) is 4.79 Å². The van der Waals surface area contributed by atoms with Crippen LogP contribution in [0.25, 0.3) is 0 Å². The first-order valence-corrected chi connectivity index (χ1v) is 6.38. The van der Waals surface area contributed by atoms with E-state index in [0.717, 1.165) is 31.5 Å². The number of thiophene rings is 1. The van der Waals surface area contributed by atoms with Gasteiger partial charge in [0.05, 0.1) is 0 Å². The molecule has 0 saturated carbocycles. The number of urea groups is 1. The summed E-state index contributed by atoms with van der Waals surface area (Å²) in [4.78, 5) is 24.4. The normalized spacial score (nSPS) is 14.9. The summed E-state index contributed by atoms with van der Waals surface area (Å²) in [7, 11) is 0. The van der Waals surface area contributed by atoms with Crippen molar-refractivity contribution in [1.29, 1.82) is 0 Å². The van der Waals surface area contributed by atoms with Gasteiger partial charge in [-0.1, -0.05) is 0 Å². The number of aromatic carboxylic acids is 1. The molecular formula is C11H14N2O3S. The number of carboxylic acids is 1. The molecule has 2 amide bonds. The molecule has 2 N–H and O–H groups in total. The van der Waals surface area contributed by atoms with Crippen LogP contribution in [0.5, 0.6) is 0 Å². The molecule has 0 aliphatic carbocycles. The molecule has 0 radical (unpaired) electrons. The zero-order valence-corrected chi connectivity index (χ0v) is 10.1. The van der Waals surface area contributed by atoms with Gasteiger partial charge >= 0.3 is 12.0 Å². The van der Waals surface area contributed by atoms with E-state index in [-0.39, 0.29) is 6.03 Å². The fraction of sp³-hybridized carbons (Fsp3) is 0.455. The number of rotatable bonds is 3. The predicted molar refractivity (Wildman–Crippen MR) is 64.3 cm³/mol. The van der Waals surface area contributed by atoms with E-state index in [2.05, 4.69) is 5.32 Å². The Kier molecular flexibility index (Phi) is 3.63. The monoisotopic (exact) mass is 254 g/mol. The van der Waals surface area contributed by atoms with Crippen molar-refractivity contribution >= 4 is 23.3 Å². The smallest absolute Gasteiger partial charge is 0.345 e. The minimum absolute atomic E-state index is 0.0643. The SMILES string of the molecule is O=C(O)c1cc(CNC(=O)N2CCCC2)cs1. The van der Waals surface area contributed by atoms with E-state index in [0.29, 0.717) is 11.4 Å². The molecule has 0 spiro atoms. The van der Waals surface area contributed by atoms with Crippen LogP contribution in [0.1, 0.15) is 28.1 Å². The Morgan fingerprint density at radius 1 is 1.41 bits per heavy atom. The molecule has 2 rings (SSSR count). The molecule has 1 saturated heterocycles. The van der Waals surface area contributed by atoms with Crippen molar-refractivity contribution in [3.63, 3.8) is 0 Å². The molecule has 6 heteroatoms. The highest BCUT2D eigenvalue weighted by Gasteiger charge is 2.17. The molecule has 0 aromatic carbocycles. The minimum atomic E-state index is -0.924. The van der Waals surface area contributed by atoms with Gasteiger partial charge in [-0.25, -0.2) is 9.59 Å². The van der Waals surface area contributed by atoms with Crippen LogP contribution in [-0.4, -0.2) is 35.1 Å². The summed E-state index contributed by atoms with van der Waals surface area (Å²) >= 11 is 1.18. The van der Waals surface area contributed by atoms with Crippen LogP contribution in [-0.2, 0) is 6.54 Å². The second kappa shape index (κ2) is 5.18.